The third-order valence-corrected chi connectivity index (χ3v) is 5.96. The number of nitrogens with one attached hydrogen (secondary N) is 1. The summed E-state index contributed by atoms with van der Waals surface area (Å²) in [6.45, 7) is 4.03. The normalized spacial score (nSPS) is 10.8. The minimum Gasteiger partial charge on any atom is -0.436 e. The van der Waals surface area contributed by atoms with E-state index in [2.05, 4.69) is 38.5 Å². The summed E-state index contributed by atoms with van der Waals surface area (Å²) in [6, 6.07) is 17.3. The number of hydrogen-bond acceptors (Lipinski definition) is 6. The zero-order chi connectivity index (χ0) is 24.5. The van der Waals surface area contributed by atoms with Crippen molar-refractivity contribution in [3.8, 4) is 28.8 Å². The fourth-order valence-corrected chi connectivity index (χ4v) is 4.30. The Kier molecular flexibility index (Phi) is 5.81. The number of anilines is 2. The highest BCUT2D eigenvalue weighted by atomic mass is 35.5. The molecule has 0 aliphatic rings. The zero-order valence-corrected chi connectivity index (χ0v) is 20.1. The van der Waals surface area contributed by atoms with E-state index >= 15 is 0 Å². The van der Waals surface area contributed by atoms with Crippen LogP contribution < -0.4 is 10.1 Å². The van der Waals surface area contributed by atoms with Crippen LogP contribution in [-0.4, -0.2) is 19.5 Å². The van der Waals surface area contributed by atoms with Crippen molar-refractivity contribution in [1.29, 1.82) is 5.26 Å². The number of hydrogen-bond donors (Lipinski definition) is 1. The van der Waals surface area contributed by atoms with Crippen molar-refractivity contribution in [3.63, 3.8) is 0 Å². The molecule has 0 unspecified atom stereocenters. The van der Waals surface area contributed by atoms with Crippen LogP contribution in [0.5, 0.6) is 11.6 Å². The van der Waals surface area contributed by atoms with Gasteiger partial charge in [-0.15, -0.1) is 0 Å². The number of nitrogens with zero attached hydrogens (tertiary/aromatic N) is 5. The minimum atomic E-state index is 0.342. The van der Waals surface area contributed by atoms with Crippen LogP contribution in [0, 0.1) is 25.2 Å². The third kappa shape index (κ3) is 4.39. The lowest BCUT2D eigenvalue weighted by Gasteiger charge is -2.15. The minimum absolute atomic E-state index is 0.342. The molecule has 0 bridgehead atoms. The van der Waals surface area contributed by atoms with Crippen LogP contribution in [-0.2, 0) is 7.05 Å². The molecule has 0 saturated heterocycles. The Morgan fingerprint density at radius 3 is 2.31 bits per heavy atom. The lowest BCUT2D eigenvalue weighted by molar-refractivity contribution is 0.459. The molecule has 0 fully saturated rings. The maximum absolute atomic E-state index is 9.04. The van der Waals surface area contributed by atoms with Gasteiger partial charge >= 0.3 is 0 Å². The van der Waals surface area contributed by atoms with Crippen molar-refractivity contribution >= 4 is 34.3 Å². The van der Waals surface area contributed by atoms with Gasteiger partial charge in [0.2, 0.25) is 11.8 Å². The molecule has 3 aromatic heterocycles. The molecule has 0 spiro atoms. The second-order valence-electron chi connectivity index (χ2n) is 8.23. The number of ether oxygens (including phenoxy) is 1. The van der Waals surface area contributed by atoms with Crippen molar-refractivity contribution in [2.75, 3.05) is 5.32 Å². The van der Waals surface area contributed by atoms with E-state index in [0.29, 0.717) is 33.4 Å². The van der Waals surface area contributed by atoms with Gasteiger partial charge in [0.1, 0.15) is 16.8 Å². The van der Waals surface area contributed by atoms with Crippen molar-refractivity contribution in [3.05, 3.63) is 88.8 Å². The first-order chi connectivity index (χ1) is 16.9. The molecule has 35 heavy (non-hydrogen) atoms. The van der Waals surface area contributed by atoms with E-state index < -0.39 is 0 Å². The van der Waals surface area contributed by atoms with Gasteiger partial charge in [-0.2, -0.15) is 10.2 Å². The standard InChI is InChI=1S/C27H21ClN6O/c1-16-12-20(19-8-10-30-11-9-19)13-17(2)25(16)35-26-24-23(22(28)15-34(24)3)32-27(33-26)31-21-6-4-18(14-29)5-7-21/h4-13,15H,1-3H3,(H,31,32,33). The summed E-state index contributed by atoms with van der Waals surface area (Å²) in [5, 5.41) is 12.7. The van der Waals surface area contributed by atoms with Crippen molar-refractivity contribution in [2.45, 2.75) is 13.8 Å². The maximum Gasteiger partial charge on any atom is 0.249 e. The zero-order valence-electron chi connectivity index (χ0n) is 19.4. The number of benzene rings is 2. The maximum atomic E-state index is 9.04. The first-order valence-electron chi connectivity index (χ1n) is 10.9. The smallest absolute Gasteiger partial charge is 0.249 e. The fraction of sp³-hybridized carbons (Fsp3) is 0.111. The number of rotatable bonds is 5. The summed E-state index contributed by atoms with van der Waals surface area (Å²) in [7, 11) is 1.88. The second-order valence-corrected chi connectivity index (χ2v) is 8.64. The van der Waals surface area contributed by atoms with Gasteiger partial charge in [0.25, 0.3) is 0 Å². The summed E-state index contributed by atoms with van der Waals surface area (Å²) in [6.07, 6.45) is 5.35. The van der Waals surface area contributed by atoms with Crippen LogP contribution in [0.3, 0.4) is 0 Å². The first kappa shape index (κ1) is 22.4. The Morgan fingerprint density at radius 2 is 1.66 bits per heavy atom. The number of nitriles is 1. The molecular formula is C27H21ClN6O. The average Bonchev–Trinajstić information content (AvgIpc) is 3.15. The Hall–Kier alpha value is -4.41. The summed E-state index contributed by atoms with van der Waals surface area (Å²) in [4.78, 5) is 13.4. The van der Waals surface area contributed by atoms with E-state index in [1.165, 1.54) is 0 Å². The number of pyridine rings is 1. The molecule has 3 heterocycles. The van der Waals surface area contributed by atoms with Crippen LogP contribution in [0.25, 0.3) is 22.2 Å². The Labute approximate surface area is 207 Å². The molecule has 5 rings (SSSR count). The molecule has 172 valence electrons. The van der Waals surface area contributed by atoms with Crippen LogP contribution >= 0.6 is 11.6 Å². The molecule has 0 radical (unpaired) electrons. The van der Waals surface area contributed by atoms with E-state index in [1.54, 1.807) is 42.9 Å². The van der Waals surface area contributed by atoms with Gasteiger partial charge in [0.15, 0.2) is 0 Å². The highest BCUT2D eigenvalue weighted by Gasteiger charge is 2.19. The largest absolute Gasteiger partial charge is 0.436 e. The van der Waals surface area contributed by atoms with E-state index in [0.717, 1.165) is 33.7 Å². The number of aromatic nitrogens is 4. The van der Waals surface area contributed by atoms with Crippen LogP contribution in [0.4, 0.5) is 11.6 Å². The van der Waals surface area contributed by atoms with Crippen LogP contribution in [0.1, 0.15) is 16.7 Å². The van der Waals surface area contributed by atoms with Crippen molar-refractivity contribution < 1.29 is 4.74 Å². The number of halogens is 1. The van der Waals surface area contributed by atoms with E-state index in [-0.39, 0.29) is 0 Å². The number of fused-ring (bicyclic) bond motifs is 1. The molecule has 8 heteroatoms. The van der Waals surface area contributed by atoms with E-state index in [9.17, 15) is 0 Å². The monoisotopic (exact) mass is 480 g/mol. The van der Waals surface area contributed by atoms with Gasteiger partial charge < -0.3 is 14.6 Å². The topological polar surface area (TPSA) is 88.7 Å². The molecule has 7 nitrogen and oxygen atoms in total. The molecule has 0 saturated carbocycles. The van der Waals surface area contributed by atoms with Crippen LogP contribution in [0.15, 0.2) is 67.1 Å². The highest BCUT2D eigenvalue weighted by Crippen LogP contribution is 2.37. The van der Waals surface area contributed by atoms with E-state index in [4.69, 9.17) is 21.6 Å². The molecular weight excluding hydrogens is 460 g/mol. The summed E-state index contributed by atoms with van der Waals surface area (Å²) in [5.74, 6) is 1.46. The molecule has 2 aromatic carbocycles. The third-order valence-electron chi connectivity index (χ3n) is 5.68. The van der Waals surface area contributed by atoms with Gasteiger partial charge in [-0.25, -0.2) is 4.98 Å². The van der Waals surface area contributed by atoms with Gasteiger partial charge in [-0.05, 0) is 84.6 Å². The highest BCUT2D eigenvalue weighted by molar-refractivity contribution is 6.35. The number of aryl methyl sites for hydroxylation is 3. The molecule has 0 atom stereocenters. The lowest BCUT2D eigenvalue weighted by Crippen LogP contribution is -2.02. The predicted octanol–water partition coefficient (Wildman–Crippen LogP) is 6.71. The van der Waals surface area contributed by atoms with Gasteiger partial charge in [-0.1, -0.05) is 11.6 Å². The lowest BCUT2D eigenvalue weighted by atomic mass is 10.0. The molecule has 0 aliphatic carbocycles. The van der Waals surface area contributed by atoms with Crippen LogP contribution in [0.2, 0.25) is 5.02 Å². The Morgan fingerprint density at radius 1 is 0.971 bits per heavy atom. The van der Waals surface area contributed by atoms with E-state index in [1.807, 2.05) is 37.6 Å². The quantitative estimate of drug-likeness (QED) is 0.301. The van der Waals surface area contributed by atoms with Gasteiger partial charge in [0.05, 0.1) is 16.7 Å². The molecule has 0 aliphatic heterocycles. The van der Waals surface area contributed by atoms with Gasteiger partial charge in [-0.3, -0.25) is 4.98 Å². The van der Waals surface area contributed by atoms with Crippen molar-refractivity contribution in [2.24, 2.45) is 7.05 Å². The average molecular weight is 481 g/mol. The summed E-state index contributed by atoms with van der Waals surface area (Å²) in [5.41, 5.74) is 6.73. The Balaban J connectivity index is 1.56. The summed E-state index contributed by atoms with van der Waals surface area (Å²) < 4.78 is 8.28. The predicted molar refractivity (Wildman–Crippen MR) is 137 cm³/mol. The Bertz CT molecular complexity index is 1560. The summed E-state index contributed by atoms with van der Waals surface area (Å²) >= 11 is 6.48. The first-order valence-corrected chi connectivity index (χ1v) is 11.3. The molecule has 0 amide bonds. The molecule has 1 N–H and O–H groups in total. The van der Waals surface area contributed by atoms with Crippen molar-refractivity contribution in [1.82, 2.24) is 19.5 Å². The fourth-order valence-electron chi connectivity index (χ4n) is 4.02. The van der Waals surface area contributed by atoms with Gasteiger partial charge in [0, 0.05) is 31.3 Å². The molecule has 5 aromatic rings. The second kappa shape index (κ2) is 9.09. The SMILES string of the molecule is Cc1cc(-c2ccncc2)cc(C)c1Oc1nc(Nc2ccc(C#N)cc2)nc2c(Cl)cn(C)c12.